The predicted molar refractivity (Wildman–Crippen MR) is 168 cm³/mol. The lowest BCUT2D eigenvalue weighted by molar-refractivity contribution is -0.127. The summed E-state index contributed by atoms with van der Waals surface area (Å²) < 4.78 is 14.0. The first-order valence-corrected chi connectivity index (χ1v) is 14.4. The van der Waals surface area contributed by atoms with Crippen molar-refractivity contribution in [3.05, 3.63) is 61.2 Å². The largest absolute Gasteiger partial charge is 0.455 e. The van der Waals surface area contributed by atoms with Crippen LogP contribution < -0.4 is 26.8 Å². The van der Waals surface area contributed by atoms with Gasteiger partial charge in [0, 0.05) is 18.8 Å². The molecule has 2 amide bonds. The number of carbonyl (C=O) groups excluding carboxylic acids is 1. The minimum Gasteiger partial charge on any atom is -0.455 e. The fraction of sp³-hybridized carbons (Fsp3) is 0.400. The lowest BCUT2D eigenvalue weighted by atomic mass is 10.2. The Morgan fingerprint density at radius 2 is 1.84 bits per heavy atom. The van der Waals surface area contributed by atoms with Crippen LogP contribution in [0.4, 0.5) is 22.0 Å². The smallest absolute Gasteiger partial charge is 0.319 e. The number of carbonyl (C=O) groups is 1. The maximum absolute atomic E-state index is 12.3. The molecule has 8 N–H and O–H groups in total. The molecule has 2 atom stereocenters. The fourth-order valence-corrected chi connectivity index (χ4v) is 4.58. The van der Waals surface area contributed by atoms with Crippen molar-refractivity contribution in [2.75, 3.05) is 43.5 Å². The SMILES string of the molecule is CC(C)(O)O.CN(CCCNC(=O)Nc1ccc(Oc2ccccc2N)cc1)CC1CCC(n2cnc3c(N)ncnc32)O1. The van der Waals surface area contributed by atoms with Crippen molar-refractivity contribution < 1.29 is 24.5 Å². The van der Waals surface area contributed by atoms with E-state index in [4.69, 9.17) is 31.2 Å². The molecule has 2 unspecified atom stereocenters. The zero-order chi connectivity index (χ0) is 31.7. The summed E-state index contributed by atoms with van der Waals surface area (Å²) in [4.78, 5) is 27.2. The van der Waals surface area contributed by atoms with Crippen LogP contribution in [0.1, 0.15) is 39.3 Å². The highest BCUT2D eigenvalue weighted by atomic mass is 16.5. The van der Waals surface area contributed by atoms with E-state index in [2.05, 4.69) is 37.5 Å². The normalized spacial score (nSPS) is 16.4. The van der Waals surface area contributed by atoms with Crippen LogP contribution >= 0.6 is 0 Å². The number of hydrogen-bond donors (Lipinski definition) is 6. The van der Waals surface area contributed by atoms with Crippen LogP contribution in [0.2, 0.25) is 0 Å². The van der Waals surface area contributed by atoms with Crippen LogP contribution in [-0.2, 0) is 4.74 Å². The van der Waals surface area contributed by atoms with E-state index in [1.165, 1.54) is 20.2 Å². The molecule has 0 spiro atoms. The average molecular weight is 608 g/mol. The maximum atomic E-state index is 12.3. The second-order valence-electron chi connectivity index (χ2n) is 11.0. The summed E-state index contributed by atoms with van der Waals surface area (Å²) in [5, 5.41) is 21.9. The standard InChI is InChI=1S/C27H33N9O3.C3H8O2/c1-35(15-20-11-12-23(39-20)36-17-33-24-25(29)31-16-32-26(24)36)14-4-13-30-27(37)34-18-7-9-19(10-8-18)38-22-6-3-2-5-21(22)28;1-3(2,4)5/h2-3,5-10,16-17,20,23H,4,11-15,28H2,1H3,(H2,29,31,32)(H2,30,34,37);4-5H,1-2H3. The van der Waals surface area contributed by atoms with Crippen molar-refractivity contribution in [3.63, 3.8) is 0 Å². The van der Waals surface area contributed by atoms with E-state index in [1.54, 1.807) is 42.7 Å². The molecular formula is C30H41N9O5. The Bertz CT molecular complexity index is 1500. The molecule has 1 aliphatic heterocycles. The number of aromatic nitrogens is 4. The zero-order valence-corrected chi connectivity index (χ0v) is 25.2. The van der Waals surface area contributed by atoms with Crippen LogP contribution in [0, 0.1) is 0 Å². The van der Waals surface area contributed by atoms with E-state index in [-0.39, 0.29) is 18.4 Å². The van der Waals surface area contributed by atoms with E-state index < -0.39 is 5.79 Å². The summed E-state index contributed by atoms with van der Waals surface area (Å²) in [6, 6.07) is 14.2. The Labute approximate surface area is 256 Å². The van der Waals surface area contributed by atoms with Gasteiger partial charge < -0.3 is 46.7 Å². The molecule has 0 radical (unpaired) electrons. The summed E-state index contributed by atoms with van der Waals surface area (Å²) in [7, 11) is 2.06. The van der Waals surface area contributed by atoms with Crippen molar-refractivity contribution in [2.45, 2.75) is 51.2 Å². The summed E-state index contributed by atoms with van der Waals surface area (Å²) in [6.45, 7) is 4.79. The highest BCUT2D eigenvalue weighted by Gasteiger charge is 2.29. The molecule has 0 bridgehead atoms. The molecule has 1 saturated heterocycles. The molecule has 44 heavy (non-hydrogen) atoms. The number of hydrogen-bond acceptors (Lipinski definition) is 11. The Morgan fingerprint density at radius 1 is 1.11 bits per heavy atom. The second kappa shape index (κ2) is 14.8. The van der Waals surface area contributed by atoms with Gasteiger partial charge in [-0.05, 0) is 83.1 Å². The lowest BCUT2D eigenvalue weighted by Gasteiger charge is -2.21. The van der Waals surface area contributed by atoms with Crippen molar-refractivity contribution >= 4 is 34.4 Å². The number of likely N-dealkylation sites (N-methyl/N-ethyl adjacent to an activating group) is 1. The maximum Gasteiger partial charge on any atom is 0.319 e. The molecule has 14 heteroatoms. The Kier molecular flexibility index (Phi) is 10.9. The summed E-state index contributed by atoms with van der Waals surface area (Å²) in [5.41, 5.74) is 14.3. The molecule has 1 aliphatic rings. The highest BCUT2D eigenvalue weighted by Crippen LogP contribution is 2.31. The summed E-state index contributed by atoms with van der Waals surface area (Å²) in [6.07, 6.45) is 5.78. The topological polar surface area (TPSA) is 199 Å². The fourth-order valence-electron chi connectivity index (χ4n) is 4.58. The van der Waals surface area contributed by atoms with E-state index in [0.717, 1.165) is 32.4 Å². The number of nitrogens with zero attached hydrogens (tertiary/aromatic N) is 5. The van der Waals surface area contributed by atoms with Gasteiger partial charge in [0.2, 0.25) is 0 Å². The molecule has 0 saturated carbocycles. The van der Waals surface area contributed by atoms with E-state index in [1.807, 2.05) is 16.7 Å². The van der Waals surface area contributed by atoms with Gasteiger partial charge in [0.1, 0.15) is 29.6 Å². The van der Waals surface area contributed by atoms with Crippen LogP contribution in [0.5, 0.6) is 11.5 Å². The molecule has 1 fully saturated rings. The number of urea groups is 1. The van der Waals surface area contributed by atoms with Crippen molar-refractivity contribution in [2.24, 2.45) is 0 Å². The van der Waals surface area contributed by atoms with Crippen LogP contribution in [-0.4, -0.2) is 79.2 Å². The van der Waals surface area contributed by atoms with Crippen molar-refractivity contribution in [1.29, 1.82) is 0 Å². The van der Waals surface area contributed by atoms with Gasteiger partial charge in [-0.15, -0.1) is 0 Å². The number of anilines is 3. The van der Waals surface area contributed by atoms with Crippen LogP contribution in [0.15, 0.2) is 61.2 Å². The van der Waals surface area contributed by atoms with E-state index >= 15 is 0 Å². The Morgan fingerprint density at radius 3 is 2.57 bits per heavy atom. The molecule has 3 heterocycles. The van der Waals surface area contributed by atoms with Crippen molar-refractivity contribution in [3.8, 4) is 11.5 Å². The van der Waals surface area contributed by atoms with Gasteiger partial charge in [-0.1, -0.05) is 12.1 Å². The van der Waals surface area contributed by atoms with Crippen LogP contribution in [0.25, 0.3) is 11.2 Å². The number of amides is 2. The quantitative estimate of drug-likeness (QED) is 0.0878. The highest BCUT2D eigenvalue weighted by molar-refractivity contribution is 5.89. The lowest BCUT2D eigenvalue weighted by Crippen LogP contribution is -2.34. The second-order valence-corrected chi connectivity index (χ2v) is 11.0. The molecule has 236 valence electrons. The Hall–Kier alpha value is -4.50. The third kappa shape index (κ3) is 9.77. The third-order valence-corrected chi connectivity index (χ3v) is 6.56. The van der Waals surface area contributed by atoms with Crippen molar-refractivity contribution in [1.82, 2.24) is 29.7 Å². The number of rotatable bonds is 10. The zero-order valence-electron chi connectivity index (χ0n) is 25.2. The first kappa shape index (κ1) is 32.4. The van der Waals surface area contributed by atoms with E-state index in [0.29, 0.717) is 46.4 Å². The van der Waals surface area contributed by atoms with Gasteiger partial charge in [-0.3, -0.25) is 4.57 Å². The minimum atomic E-state index is -1.50. The molecule has 2 aromatic heterocycles. The number of benzene rings is 2. The van der Waals surface area contributed by atoms with Gasteiger partial charge in [-0.2, -0.15) is 0 Å². The molecular weight excluding hydrogens is 566 g/mol. The van der Waals surface area contributed by atoms with Gasteiger partial charge in [0.05, 0.1) is 18.1 Å². The number of nitrogens with two attached hydrogens (primary N) is 2. The predicted octanol–water partition coefficient (Wildman–Crippen LogP) is 3.31. The number of fused-ring (bicyclic) bond motifs is 1. The third-order valence-electron chi connectivity index (χ3n) is 6.56. The number of aliphatic hydroxyl groups is 2. The van der Waals surface area contributed by atoms with Crippen LogP contribution in [0.3, 0.4) is 0 Å². The molecule has 4 aromatic rings. The minimum absolute atomic E-state index is 0.109. The van der Waals surface area contributed by atoms with Gasteiger partial charge >= 0.3 is 6.03 Å². The average Bonchev–Trinajstić information content (AvgIpc) is 3.60. The summed E-state index contributed by atoms with van der Waals surface area (Å²) >= 11 is 0. The number of imidazole rings is 1. The number of nitrogens with one attached hydrogen (secondary N) is 2. The first-order chi connectivity index (χ1) is 21.0. The molecule has 14 nitrogen and oxygen atoms in total. The molecule has 5 rings (SSSR count). The molecule has 0 aliphatic carbocycles. The number of nitrogen functional groups attached to an aromatic ring is 2. The summed E-state index contributed by atoms with van der Waals surface area (Å²) in [5.74, 6) is 0.0943. The molecule has 2 aromatic carbocycles. The Balaban J connectivity index is 0.000000818. The van der Waals surface area contributed by atoms with Gasteiger partial charge in [0.25, 0.3) is 0 Å². The van der Waals surface area contributed by atoms with Gasteiger partial charge in [-0.25, -0.2) is 19.7 Å². The van der Waals surface area contributed by atoms with E-state index in [9.17, 15) is 4.79 Å². The van der Waals surface area contributed by atoms with Gasteiger partial charge in [0.15, 0.2) is 17.3 Å². The monoisotopic (exact) mass is 607 g/mol. The number of ether oxygens (including phenoxy) is 2. The first-order valence-electron chi connectivity index (χ1n) is 14.4. The number of para-hydroxylation sites is 2.